The summed E-state index contributed by atoms with van der Waals surface area (Å²) in [7, 11) is 0. The number of ketones is 1. The van der Waals surface area contributed by atoms with Gasteiger partial charge in [-0.1, -0.05) is 0 Å². The van der Waals surface area contributed by atoms with E-state index in [1.807, 2.05) is 0 Å². The molecule has 2 heterocycles. The van der Waals surface area contributed by atoms with Crippen LogP contribution in [-0.2, 0) is 28.5 Å². The summed E-state index contributed by atoms with van der Waals surface area (Å²) in [6.07, 6.45) is 5.77. The van der Waals surface area contributed by atoms with Crippen molar-refractivity contribution in [2.75, 3.05) is 6.61 Å². The summed E-state index contributed by atoms with van der Waals surface area (Å²) < 4.78 is 21.6. The first kappa shape index (κ1) is 15.5. The van der Waals surface area contributed by atoms with Crippen molar-refractivity contribution in [3.63, 3.8) is 0 Å². The van der Waals surface area contributed by atoms with Gasteiger partial charge in [0.25, 0.3) is 0 Å². The van der Waals surface area contributed by atoms with E-state index in [1.165, 1.54) is 0 Å². The number of esters is 1. The number of rotatable bonds is 6. The molecule has 0 amide bonds. The van der Waals surface area contributed by atoms with Crippen molar-refractivity contribution in [1.29, 1.82) is 0 Å². The Balaban J connectivity index is 1.16. The zero-order valence-corrected chi connectivity index (χ0v) is 13.4. The molecule has 0 radical (unpaired) electrons. The Bertz CT molecular complexity index is 491. The van der Waals surface area contributed by atoms with Crippen molar-refractivity contribution in [2.24, 2.45) is 11.8 Å². The first-order valence-corrected chi connectivity index (χ1v) is 8.76. The lowest BCUT2D eigenvalue weighted by Crippen LogP contribution is -2.31. The van der Waals surface area contributed by atoms with Crippen molar-refractivity contribution in [1.82, 2.24) is 0 Å². The van der Waals surface area contributed by atoms with E-state index in [-0.39, 0.29) is 42.4 Å². The van der Waals surface area contributed by atoms with E-state index in [2.05, 4.69) is 0 Å². The molecule has 7 unspecified atom stereocenters. The van der Waals surface area contributed by atoms with E-state index in [1.54, 1.807) is 6.92 Å². The van der Waals surface area contributed by atoms with Gasteiger partial charge in [0.1, 0.15) is 6.61 Å². The van der Waals surface area contributed by atoms with E-state index >= 15 is 0 Å². The molecule has 6 heteroatoms. The molecule has 0 N–H and O–H groups in total. The third-order valence-electron chi connectivity index (χ3n) is 5.54. The second kappa shape index (κ2) is 6.15. The smallest absolute Gasteiger partial charge is 0.311 e. The zero-order chi connectivity index (χ0) is 16.0. The maximum absolute atomic E-state index is 12.2. The van der Waals surface area contributed by atoms with Crippen LogP contribution in [0, 0.1) is 11.8 Å². The van der Waals surface area contributed by atoms with Gasteiger partial charge in [0.2, 0.25) is 6.29 Å². The van der Waals surface area contributed by atoms with E-state index in [0.29, 0.717) is 12.2 Å². The molecule has 0 aromatic carbocycles. The summed E-state index contributed by atoms with van der Waals surface area (Å²) in [5.74, 6) is -0.203. The molecular formula is C17H24O6. The Morgan fingerprint density at radius 3 is 2.22 bits per heavy atom. The normalized spacial score (nSPS) is 42.1. The van der Waals surface area contributed by atoms with Crippen LogP contribution >= 0.6 is 0 Å². The van der Waals surface area contributed by atoms with Crippen LogP contribution in [0.1, 0.15) is 45.4 Å². The fourth-order valence-electron chi connectivity index (χ4n) is 3.93. The number of hydrogen-bond acceptors (Lipinski definition) is 6. The molecule has 23 heavy (non-hydrogen) atoms. The first-order chi connectivity index (χ1) is 11.1. The predicted molar refractivity (Wildman–Crippen MR) is 78.5 cm³/mol. The molecular weight excluding hydrogens is 300 g/mol. The maximum Gasteiger partial charge on any atom is 0.311 e. The molecule has 0 aromatic rings. The van der Waals surface area contributed by atoms with Crippen LogP contribution < -0.4 is 0 Å². The Morgan fingerprint density at radius 2 is 1.57 bits per heavy atom. The van der Waals surface area contributed by atoms with Gasteiger partial charge >= 0.3 is 5.97 Å². The quantitative estimate of drug-likeness (QED) is 0.419. The van der Waals surface area contributed by atoms with Gasteiger partial charge in [-0.25, -0.2) is 0 Å². The molecule has 4 rings (SSSR count). The Hall–Kier alpha value is -0.980. The Labute approximate surface area is 135 Å². The van der Waals surface area contributed by atoms with Gasteiger partial charge in [0.05, 0.1) is 30.3 Å². The van der Waals surface area contributed by atoms with E-state index in [0.717, 1.165) is 38.5 Å². The first-order valence-electron chi connectivity index (χ1n) is 8.76. The predicted octanol–water partition coefficient (Wildman–Crippen LogP) is 1.60. The highest BCUT2D eigenvalue weighted by Gasteiger charge is 2.47. The zero-order valence-electron chi connectivity index (χ0n) is 13.4. The number of epoxide rings is 2. The SMILES string of the molecule is CC(OCC(=O)C1CCC2OC2C1)OC(=O)C1CCC2OC2C1. The van der Waals surface area contributed by atoms with Crippen molar-refractivity contribution >= 4 is 11.8 Å². The molecule has 128 valence electrons. The summed E-state index contributed by atoms with van der Waals surface area (Å²) in [6, 6.07) is 0. The van der Waals surface area contributed by atoms with Crippen molar-refractivity contribution < 1.29 is 28.5 Å². The highest BCUT2D eigenvalue weighted by atomic mass is 16.7. The van der Waals surface area contributed by atoms with Crippen LogP contribution in [0.15, 0.2) is 0 Å². The van der Waals surface area contributed by atoms with Crippen LogP contribution in [0.3, 0.4) is 0 Å². The minimum absolute atomic E-state index is 0.00891. The van der Waals surface area contributed by atoms with Gasteiger partial charge in [-0.2, -0.15) is 0 Å². The van der Waals surface area contributed by atoms with Crippen LogP contribution in [0.5, 0.6) is 0 Å². The summed E-state index contributed by atoms with van der Waals surface area (Å²) in [6.45, 7) is 1.68. The molecule has 6 nitrogen and oxygen atoms in total. The van der Waals surface area contributed by atoms with Crippen LogP contribution in [0.2, 0.25) is 0 Å². The van der Waals surface area contributed by atoms with Gasteiger partial charge in [0.15, 0.2) is 5.78 Å². The Kier molecular flexibility index (Phi) is 4.15. The summed E-state index contributed by atoms with van der Waals surface area (Å²) in [4.78, 5) is 24.3. The topological polar surface area (TPSA) is 77.7 Å². The van der Waals surface area contributed by atoms with Crippen molar-refractivity contribution in [2.45, 2.75) is 76.2 Å². The summed E-state index contributed by atoms with van der Waals surface area (Å²) >= 11 is 0. The standard InChI is InChI=1S/C17H24O6/c1-9(21-17(19)11-3-5-14-16(7-11)23-14)20-8-12(18)10-2-4-13-15(6-10)22-13/h9-11,13-16H,2-8H2,1H3. The fourth-order valence-corrected chi connectivity index (χ4v) is 3.93. The monoisotopic (exact) mass is 324 g/mol. The molecule has 2 saturated heterocycles. The molecule has 0 spiro atoms. The molecule has 2 aliphatic heterocycles. The van der Waals surface area contributed by atoms with Gasteiger partial charge < -0.3 is 18.9 Å². The molecule has 2 aliphatic carbocycles. The highest BCUT2D eigenvalue weighted by Crippen LogP contribution is 2.40. The second-order valence-electron chi connectivity index (χ2n) is 7.23. The third kappa shape index (κ3) is 3.59. The number of fused-ring (bicyclic) bond motifs is 2. The number of hydrogen-bond donors (Lipinski definition) is 0. The van der Waals surface area contributed by atoms with Crippen molar-refractivity contribution in [3.8, 4) is 0 Å². The number of carbonyl (C=O) groups is 2. The number of Topliss-reactive ketones (excluding diaryl/α,β-unsaturated/α-hetero) is 1. The number of ether oxygens (including phenoxy) is 4. The van der Waals surface area contributed by atoms with Crippen LogP contribution in [0.4, 0.5) is 0 Å². The lowest BCUT2D eigenvalue weighted by Gasteiger charge is -2.22. The van der Waals surface area contributed by atoms with E-state index in [9.17, 15) is 9.59 Å². The summed E-state index contributed by atoms with van der Waals surface area (Å²) in [5, 5.41) is 0. The molecule has 7 atom stereocenters. The minimum atomic E-state index is -0.683. The highest BCUT2D eigenvalue weighted by molar-refractivity contribution is 5.82. The van der Waals surface area contributed by atoms with Gasteiger partial charge in [-0.3, -0.25) is 9.59 Å². The number of carbonyl (C=O) groups excluding carboxylic acids is 2. The van der Waals surface area contributed by atoms with Crippen molar-refractivity contribution in [3.05, 3.63) is 0 Å². The third-order valence-corrected chi connectivity index (χ3v) is 5.54. The lowest BCUT2D eigenvalue weighted by molar-refractivity contribution is -0.182. The Morgan fingerprint density at radius 1 is 0.957 bits per heavy atom. The minimum Gasteiger partial charge on any atom is -0.436 e. The average Bonchev–Trinajstić information content (AvgIpc) is 3.44. The molecule has 0 bridgehead atoms. The molecule has 0 aromatic heterocycles. The largest absolute Gasteiger partial charge is 0.436 e. The maximum atomic E-state index is 12.2. The lowest BCUT2D eigenvalue weighted by atomic mass is 9.86. The fraction of sp³-hybridized carbons (Fsp3) is 0.882. The summed E-state index contributed by atoms with van der Waals surface area (Å²) in [5.41, 5.74) is 0. The van der Waals surface area contributed by atoms with Gasteiger partial charge in [-0.15, -0.1) is 0 Å². The van der Waals surface area contributed by atoms with E-state index < -0.39 is 6.29 Å². The van der Waals surface area contributed by atoms with Crippen LogP contribution in [-0.4, -0.2) is 49.1 Å². The second-order valence-corrected chi connectivity index (χ2v) is 7.23. The van der Waals surface area contributed by atoms with E-state index in [4.69, 9.17) is 18.9 Å². The molecule has 2 saturated carbocycles. The molecule has 4 fully saturated rings. The average molecular weight is 324 g/mol. The van der Waals surface area contributed by atoms with Gasteiger partial charge in [0, 0.05) is 5.92 Å². The van der Waals surface area contributed by atoms with Crippen LogP contribution in [0.25, 0.3) is 0 Å². The molecule has 4 aliphatic rings. The van der Waals surface area contributed by atoms with Gasteiger partial charge in [-0.05, 0) is 45.4 Å².